The van der Waals surface area contributed by atoms with Crippen LogP contribution < -0.4 is 5.32 Å². The molecule has 2 rings (SSSR count). The largest absolute Gasteiger partial charge is 0.370 e. The Morgan fingerprint density at radius 1 is 1.15 bits per heavy atom. The van der Waals surface area contributed by atoms with Crippen molar-refractivity contribution in [1.29, 1.82) is 0 Å². The fourth-order valence-corrected chi connectivity index (χ4v) is 3.13. The number of anilines is 1. The van der Waals surface area contributed by atoms with Gasteiger partial charge in [0.2, 0.25) is 0 Å². The molecule has 0 fully saturated rings. The average Bonchev–Trinajstić information content (AvgIpc) is 2.67. The number of hydrogen-bond donors (Lipinski definition) is 1. The zero-order valence-corrected chi connectivity index (χ0v) is 13.9. The summed E-state index contributed by atoms with van der Waals surface area (Å²) < 4.78 is 0. The fourth-order valence-electron chi connectivity index (χ4n) is 2.52. The predicted octanol–water partition coefficient (Wildman–Crippen LogP) is 4.21. The Labute approximate surface area is 127 Å². The first-order chi connectivity index (χ1) is 9.70. The van der Waals surface area contributed by atoms with Crippen molar-refractivity contribution in [2.75, 3.05) is 11.9 Å². The topological polar surface area (TPSA) is 37.8 Å². The summed E-state index contributed by atoms with van der Waals surface area (Å²) in [6.07, 6.45) is 7.26. The minimum Gasteiger partial charge on any atom is -0.370 e. The molecule has 3 nitrogen and oxygen atoms in total. The lowest BCUT2D eigenvalue weighted by Crippen LogP contribution is -2.11. The zero-order valence-electron chi connectivity index (χ0n) is 13.0. The number of rotatable bonds is 6. The third-order valence-electron chi connectivity index (χ3n) is 3.57. The second-order valence-corrected chi connectivity index (χ2v) is 7.33. The summed E-state index contributed by atoms with van der Waals surface area (Å²) in [5.74, 6) is 3.03. The third-order valence-corrected chi connectivity index (χ3v) is 4.66. The lowest BCUT2D eigenvalue weighted by Gasteiger charge is -2.15. The molecule has 0 bridgehead atoms. The molecule has 4 heteroatoms. The van der Waals surface area contributed by atoms with Gasteiger partial charge < -0.3 is 5.32 Å². The molecule has 1 aromatic rings. The van der Waals surface area contributed by atoms with E-state index in [0.29, 0.717) is 5.25 Å². The number of aryl methyl sites for hydroxylation is 1. The highest BCUT2D eigenvalue weighted by Gasteiger charge is 2.16. The number of nitrogens with zero attached hydrogens (tertiary/aromatic N) is 2. The summed E-state index contributed by atoms with van der Waals surface area (Å²) in [5, 5.41) is 4.15. The van der Waals surface area contributed by atoms with Crippen molar-refractivity contribution in [2.24, 2.45) is 0 Å². The summed E-state index contributed by atoms with van der Waals surface area (Å²) in [6.45, 7) is 7.65. The van der Waals surface area contributed by atoms with Crippen molar-refractivity contribution in [1.82, 2.24) is 9.97 Å². The molecule has 0 saturated heterocycles. The van der Waals surface area contributed by atoms with Crippen molar-refractivity contribution < 1.29 is 0 Å². The van der Waals surface area contributed by atoms with E-state index >= 15 is 0 Å². The number of thioether (sulfide) groups is 1. The molecule has 20 heavy (non-hydrogen) atoms. The minimum atomic E-state index is 0.629. The number of aromatic nitrogens is 2. The lowest BCUT2D eigenvalue weighted by molar-refractivity contribution is 0.708. The van der Waals surface area contributed by atoms with Gasteiger partial charge in [0.05, 0.1) is 5.75 Å². The Hall–Kier alpha value is -0.770. The van der Waals surface area contributed by atoms with Gasteiger partial charge in [-0.2, -0.15) is 11.8 Å². The number of hydrogen-bond acceptors (Lipinski definition) is 4. The van der Waals surface area contributed by atoms with Crippen LogP contribution in [0.3, 0.4) is 0 Å². The zero-order chi connectivity index (χ0) is 14.4. The normalized spacial score (nSPS) is 15.0. The summed E-state index contributed by atoms with van der Waals surface area (Å²) in [4.78, 5) is 9.64. The van der Waals surface area contributed by atoms with E-state index < -0.39 is 0 Å². The van der Waals surface area contributed by atoms with Crippen LogP contribution in [0.1, 0.15) is 63.5 Å². The summed E-state index contributed by atoms with van der Waals surface area (Å²) in [5.41, 5.74) is 2.68. The summed E-state index contributed by atoms with van der Waals surface area (Å²) >= 11 is 1.92. The van der Waals surface area contributed by atoms with E-state index in [1.165, 1.54) is 30.5 Å². The van der Waals surface area contributed by atoms with E-state index in [1.807, 2.05) is 11.8 Å². The summed E-state index contributed by atoms with van der Waals surface area (Å²) in [6, 6.07) is 0. The van der Waals surface area contributed by atoms with Crippen LogP contribution >= 0.6 is 11.8 Å². The molecule has 0 atom stereocenters. The van der Waals surface area contributed by atoms with Crippen LogP contribution in [0.5, 0.6) is 0 Å². The molecule has 1 aliphatic carbocycles. The molecule has 0 unspecified atom stereocenters. The molecule has 0 spiro atoms. The van der Waals surface area contributed by atoms with Crippen molar-refractivity contribution in [2.45, 2.75) is 70.3 Å². The summed E-state index contributed by atoms with van der Waals surface area (Å²) in [7, 11) is 0. The van der Waals surface area contributed by atoms with Crippen LogP contribution in [-0.2, 0) is 18.6 Å². The Bertz CT molecular complexity index is 432. The smallest absolute Gasteiger partial charge is 0.140 e. The molecule has 1 aromatic heterocycles. The molecule has 0 aromatic carbocycles. The van der Waals surface area contributed by atoms with Crippen LogP contribution in [0, 0.1) is 0 Å². The van der Waals surface area contributed by atoms with E-state index in [4.69, 9.17) is 9.97 Å². The Morgan fingerprint density at radius 2 is 1.95 bits per heavy atom. The maximum absolute atomic E-state index is 4.84. The highest BCUT2D eigenvalue weighted by Crippen LogP contribution is 2.26. The van der Waals surface area contributed by atoms with Crippen LogP contribution in [0.15, 0.2) is 0 Å². The quantitative estimate of drug-likeness (QED) is 0.797. The maximum Gasteiger partial charge on any atom is 0.140 e. The van der Waals surface area contributed by atoms with Crippen molar-refractivity contribution >= 4 is 17.6 Å². The van der Waals surface area contributed by atoms with Crippen molar-refractivity contribution in [3.05, 3.63) is 17.1 Å². The SMILES string of the molecule is CCCNc1nc(CSC(C)C)nc2c1CCCCC2. The fraction of sp³-hybridized carbons (Fsp3) is 0.750. The van der Waals surface area contributed by atoms with E-state index in [-0.39, 0.29) is 0 Å². The molecule has 0 saturated carbocycles. The van der Waals surface area contributed by atoms with Crippen LogP contribution in [0.4, 0.5) is 5.82 Å². The molecule has 1 heterocycles. The van der Waals surface area contributed by atoms with Crippen LogP contribution in [0.2, 0.25) is 0 Å². The first kappa shape index (κ1) is 15.6. The highest BCUT2D eigenvalue weighted by molar-refractivity contribution is 7.99. The van der Waals surface area contributed by atoms with E-state index in [9.17, 15) is 0 Å². The first-order valence-electron chi connectivity index (χ1n) is 7.94. The third kappa shape index (κ3) is 4.37. The number of fused-ring (bicyclic) bond motifs is 1. The van der Waals surface area contributed by atoms with Gasteiger partial charge in [-0.05, 0) is 37.4 Å². The van der Waals surface area contributed by atoms with Gasteiger partial charge >= 0.3 is 0 Å². The van der Waals surface area contributed by atoms with E-state index in [1.54, 1.807) is 0 Å². The molecule has 1 N–H and O–H groups in total. The van der Waals surface area contributed by atoms with Crippen LogP contribution in [0.25, 0.3) is 0 Å². The molecule has 0 amide bonds. The Kier molecular flexibility index (Phi) is 6.14. The Balaban J connectivity index is 2.23. The predicted molar refractivity (Wildman–Crippen MR) is 88.5 cm³/mol. The van der Waals surface area contributed by atoms with Gasteiger partial charge in [0.15, 0.2) is 0 Å². The van der Waals surface area contributed by atoms with Gasteiger partial charge in [-0.25, -0.2) is 9.97 Å². The van der Waals surface area contributed by atoms with Crippen LogP contribution in [-0.4, -0.2) is 21.8 Å². The van der Waals surface area contributed by atoms with E-state index in [0.717, 1.165) is 43.2 Å². The standard InChI is InChI=1S/C16H27N3S/c1-4-10-17-16-13-8-6-5-7-9-14(13)18-15(19-16)11-20-12(2)3/h12H,4-11H2,1-3H3,(H,17,18,19). The Morgan fingerprint density at radius 3 is 2.70 bits per heavy atom. The van der Waals surface area contributed by atoms with E-state index in [2.05, 4.69) is 26.1 Å². The minimum absolute atomic E-state index is 0.629. The van der Waals surface area contributed by atoms with Gasteiger partial charge in [0.25, 0.3) is 0 Å². The maximum atomic E-state index is 4.84. The van der Waals surface area contributed by atoms with Gasteiger partial charge in [-0.1, -0.05) is 27.2 Å². The first-order valence-corrected chi connectivity index (χ1v) is 8.99. The van der Waals surface area contributed by atoms with Gasteiger partial charge in [0, 0.05) is 17.8 Å². The molecule has 112 valence electrons. The molecular weight excluding hydrogens is 266 g/mol. The molecular formula is C16H27N3S. The van der Waals surface area contributed by atoms with Gasteiger partial charge in [0.1, 0.15) is 11.6 Å². The second kappa shape index (κ2) is 7.87. The lowest BCUT2D eigenvalue weighted by atomic mass is 10.1. The van der Waals surface area contributed by atoms with Gasteiger partial charge in [-0.15, -0.1) is 0 Å². The molecule has 1 aliphatic rings. The number of nitrogens with one attached hydrogen (secondary N) is 1. The monoisotopic (exact) mass is 293 g/mol. The second-order valence-electron chi connectivity index (χ2n) is 5.76. The molecule has 0 radical (unpaired) electrons. The molecule has 0 aliphatic heterocycles. The van der Waals surface area contributed by atoms with Gasteiger partial charge in [-0.3, -0.25) is 0 Å². The van der Waals surface area contributed by atoms with Crippen molar-refractivity contribution in [3.8, 4) is 0 Å². The highest BCUT2D eigenvalue weighted by atomic mass is 32.2. The van der Waals surface area contributed by atoms with Crippen molar-refractivity contribution in [3.63, 3.8) is 0 Å². The average molecular weight is 293 g/mol.